The van der Waals surface area contributed by atoms with Crippen LogP contribution in [0.1, 0.15) is 28.6 Å². The fraction of sp³-hybridized carbons (Fsp3) is 0.190. The lowest BCUT2D eigenvalue weighted by Crippen LogP contribution is -2.18. The fourth-order valence-corrected chi connectivity index (χ4v) is 4.13. The van der Waals surface area contributed by atoms with Crippen molar-refractivity contribution in [3.05, 3.63) is 64.2 Å². The minimum absolute atomic E-state index is 0.101. The van der Waals surface area contributed by atoms with E-state index in [1.807, 2.05) is 0 Å². The largest absolute Gasteiger partial charge is 0.490 e. The molecule has 0 aliphatic carbocycles. The number of benzene rings is 2. The maximum Gasteiger partial charge on any atom is 0.316 e. The Balaban J connectivity index is 1.79. The van der Waals surface area contributed by atoms with E-state index in [0.717, 1.165) is 18.4 Å². The molecule has 0 spiro atoms. The number of halogens is 3. The minimum Gasteiger partial charge on any atom is -0.490 e. The Hall–Kier alpha value is -3.32. The van der Waals surface area contributed by atoms with Gasteiger partial charge < -0.3 is 20.0 Å². The molecule has 180 valence electrons. The van der Waals surface area contributed by atoms with Gasteiger partial charge in [0, 0.05) is 18.2 Å². The zero-order valence-electron chi connectivity index (χ0n) is 17.4. The molecule has 2 aromatic carbocycles. The van der Waals surface area contributed by atoms with Gasteiger partial charge in [0.25, 0.3) is 5.91 Å². The SMILES string of the molecule is CS(=O)(=O)c1ccc(-c2nc(C(CCOc3ccc(F)c(C(N)=O)c3F)C(=O)O)oc2Br)cc1. The summed E-state index contributed by atoms with van der Waals surface area (Å²) >= 11 is 3.17. The van der Waals surface area contributed by atoms with Crippen LogP contribution in [-0.4, -0.2) is 43.2 Å². The van der Waals surface area contributed by atoms with Crippen LogP contribution in [0.4, 0.5) is 8.78 Å². The molecule has 0 fully saturated rings. The molecule has 13 heteroatoms. The predicted molar refractivity (Wildman–Crippen MR) is 118 cm³/mol. The first-order valence-electron chi connectivity index (χ1n) is 9.50. The van der Waals surface area contributed by atoms with Gasteiger partial charge in [0.05, 0.1) is 11.5 Å². The molecule has 0 saturated heterocycles. The third-order valence-corrected chi connectivity index (χ3v) is 6.39. The number of aromatic nitrogens is 1. The maximum absolute atomic E-state index is 14.3. The van der Waals surface area contributed by atoms with Crippen LogP contribution in [0.3, 0.4) is 0 Å². The Morgan fingerprint density at radius 3 is 2.41 bits per heavy atom. The summed E-state index contributed by atoms with van der Waals surface area (Å²) in [6.07, 6.45) is 0.857. The lowest BCUT2D eigenvalue weighted by Gasteiger charge is -2.12. The van der Waals surface area contributed by atoms with Gasteiger partial charge in [-0.3, -0.25) is 9.59 Å². The van der Waals surface area contributed by atoms with Gasteiger partial charge in [0.15, 0.2) is 26.1 Å². The van der Waals surface area contributed by atoms with E-state index in [4.69, 9.17) is 14.9 Å². The van der Waals surface area contributed by atoms with Crippen LogP contribution in [0.2, 0.25) is 0 Å². The van der Waals surface area contributed by atoms with E-state index < -0.39 is 50.6 Å². The van der Waals surface area contributed by atoms with Crippen molar-refractivity contribution in [1.29, 1.82) is 0 Å². The van der Waals surface area contributed by atoms with Crippen molar-refractivity contribution in [3.8, 4) is 17.0 Å². The van der Waals surface area contributed by atoms with Crippen LogP contribution >= 0.6 is 15.9 Å². The average Bonchev–Trinajstić information content (AvgIpc) is 3.12. The molecule has 34 heavy (non-hydrogen) atoms. The molecule has 3 rings (SSSR count). The predicted octanol–water partition coefficient (Wildman–Crippen LogP) is 3.52. The fourth-order valence-electron chi connectivity index (χ4n) is 3.01. The molecule has 1 heterocycles. The maximum atomic E-state index is 14.3. The summed E-state index contributed by atoms with van der Waals surface area (Å²) in [6, 6.07) is 7.51. The van der Waals surface area contributed by atoms with Crippen LogP contribution in [0.15, 0.2) is 50.4 Å². The first kappa shape index (κ1) is 25.3. The standard InChI is InChI=1S/C21H17BrF2N2O7S/c1-34(30,31)11-4-2-10(3-5-11)17-18(22)33-20(26-17)12(21(28)29)8-9-32-14-7-6-13(23)15(16(14)24)19(25)27/h2-7,12H,8-9H2,1H3,(H2,25,27)(H,28,29). The summed E-state index contributed by atoms with van der Waals surface area (Å²) in [5.74, 6) is -7.00. The second-order valence-corrected chi connectivity index (χ2v) is 9.83. The van der Waals surface area contributed by atoms with E-state index in [-0.39, 0.29) is 34.2 Å². The number of carbonyl (C=O) groups is 2. The number of hydrogen-bond acceptors (Lipinski definition) is 7. The summed E-state index contributed by atoms with van der Waals surface area (Å²) in [4.78, 5) is 27.3. The summed E-state index contributed by atoms with van der Waals surface area (Å²) < 4.78 is 61.9. The lowest BCUT2D eigenvalue weighted by molar-refractivity contribution is -0.139. The van der Waals surface area contributed by atoms with Crippen LogP contribution in [-0.2, 0) is 14.6 Å². The van der Waals surface area contributed by atoms with E-state index >= 15 is 0 Å². The summed E-state index contributed by atoms with van der Waals surface area (Å²) in [5.41, 5.74) is 4.72. The topological polar surface area (TPSA) is 150 Å². The molecule has 3 N–H and O–H groups in total. The number of oxazole rings is 1. The highest BCUT2D eigenvalue weighted by atomic mass is 79.9. The second-order valence-electron chi connectivity index (χ2n) is 7.10. The summed E-state index contributed by atoms with van der Waals surface area (Å²) in [5, 5.41) is 9.61. The molecule has 1 amide bonds. The van der Waals surface area contributed by atoms with E-state index in [1.165, 1.54) is 24.3 Å². The third-order valence-electron chi connectivity index (χ3n) is 4.72. The molecule has 1 unspecified atom stereocenters. The van der Waals surface area contributed by atoms with Crippen molar-refractivity contribution in [3.63, 3.8) is 0 Å². The molecular weight excluding hydrogens is 542 g/mol. The van der Waals surface area contributed by atoms with Crippen molar-refractivity contribution in [1.82, 2.24) is 4.98 Å². The Bertz CT molecular complexity index is 1360. The number of primary amides is 1. The van der Waals surface area contributed by atoms with Crippen molar-refractivity contribution in [2.75, 3.05) is 12.9 Å². The zero-order valence-corrected chi connectivity index (χ0v) is 19.8. The van der Waals surface area contributed by atoms with Crippen molar-refractivity contribution >= 4 is 37.6 Å². The van der Waals surface area contributed by atoms with Gasteiger partial charge in [-0.25, -0.2) is 22.2 Å². The van der Waals surface area contributed by atoms with E-state index in [0.29, 0.717) is 5.56 Å². The monoisotopic (exact) mass is 558 g/mol. The number of hydrogen-bond donors (Lipinski definition) is 2. The molecule has 0 aliphatic rings. The van der Waals surface area contributed by atoms with Gasteiger partial charge in [-0.05, 0) is 40.2 Å². The van der Waals surface area contributed by atoms with E-state index in [1.54, 1.807) is 0 Å². The number of nitrogens with two attached hydrogens (primary N) is 1. The Labute approximate surface area is 200 Å². The summed E-state index contributed by atoms with van der Waals surface area (Å²) in [6.45, 7) is -0.337. The number of rotatable bonds is 9. The number of carboxylic acid groups (broad SMARTS) is 1. The van der Waals surface area contributed by atoms with Gasteiger partial charge in [-0.15, -0.1) is 0 Å². The van der Waals surface area contributed by atoms with Gasteiger partial charge in [-0.2, -0.15) is 0 Å². The molecule has 3 aromatic rings. The molecule has 0 bridgehead atoms. The lowest BCUT2D eigenvalue weighted by atomic mass is 10.1. The highest BCUT2D eigenvalue weighted by Crippen LogP contribution is 2.33. The number of ether oxygens (including phenoxy) is 1. The number of aliphatic carboxylic acids is 1. The molecule has 1 aromatic heterocycles. The molecule has 0 radical (unpaired) electrons. The smallest absolute Gasteiger partial charge is 0.316 e. The van der Waals surface area contributed by atoms with Gasteiger partial charge >= 0.3 is 5.97 Å². The van der Waals surface area contributed by atoms with Crippen molar-refractivity contribution < 1.29 is 41.0 Å². The number of amides is 1. The molecule has 0 aliphatic heterocycles. The highest BCUT2D eigenvalue weighted by molar-refractivity contribution is 9.10. The number of nitrogens with zero attached hydrogens (tertiary/aromatic N) is 1. The first-order valence-corrected chi connectivity index (χ1v) is 12.2. The van der Waals surface area contributed by atoms with Crippen molar-refractivity contribution in [2.24, 2.45) is 5.73 Å². The van der Waals surface area contributed by atoms with Crippen LogP contribution in [0.5, 0.6) is 5.75 Å². The summed E-state index contributed by atoms with van der Waals surface area (Å²) in [7, 11) is -3.40. The molecule has 0 saturated carbocycles. The minimum atomic E-state index is -3.40. The van der Waals surface area contributed by atoms with E-state index in [9.17, 15) is 31.9 Å². The molecule has 1 atom stereocenters. The number of sulfone groups is 1. The highest BCUT2D eigenvalue weighted by Gasteiger charge is 2.28. The zero-order chi connectivity index (χ0) is 25.2. The third kappa shape index (κ3) is 5.42. The first-order chi connectivity index (χ1) is 15.9. The van der Waals surface area contributed by atoms with Gasteiger partial charge in [-0.1, -0.05) is 12.1 Å². The second kappa shape index (κ2) is 9.89. The average molecular weight is 559 g/mol. The van der Waals surface area contributed by atoms with Crippen molar-refractivity contribution in [2.45, 2.75) is 17.2 Å². The van der Waals surface area contributed by atoms with Gasteiger partial charge in [0.2, 0.25) is 5.89 Å². The number of carbonyl (C=O) groups excluding carboxylic acids is 1. The normalized spacial score (nSPS) is 12.4. The Morgan fingerprint density at radius 1 is 1.21 bits per heavy atom. The van der Waals surface area contributed by atoms with Crippen LogP contribution < -0.4 is 10.5 Å². The van der Waals surface area contributed by atoms with Crippen LogP contribution in [0, 0.1) is 11.6 Å². The number of carboxylic acids is 1. The molecular formula is C21H17BrF2N2O7S. The van der Waals surface area contributed by atoms with Crippen LogP contribution in [0.25, 0.3) is 11.3 Å². The van der Waals surface area contributed by atoms with E-state index in [2.05, 4.69) is 20.9 Å². The quantitative estimate of drug-likeness (QED) is 0.405. The van der Waals surface area contributed by atoms with Gasteiger partial charge in [0.1, 0.15) is 23.0 Å². The molecule has 9 nitrogen and oxygen atoms in total. The Morgan fingerprint density at radius 2 is 1.85 bits per heavy atom. The Kier molecular flexibility index (Phi) is 7.36.